The third-order valence-corrected chi connectivity index (χ3v) is 1.20. The smallest absolute Gasteiger partial charge is 0.375 e. The van der Waals surface area contributed by atoms with Gasteiger partial charge in [-0.2, -0.15) is 4.89 Å². The number of hydrogen-bond acceptors (Lipinski definition) is 4. The number of carboxylic acids is 2. The summed E-state index contributed by atoms with van der Waals surface area (Å²) in [6.45, 7) is 2.15. The van der Waals surface area contributed by atoms with Crippen LogP contribution in [0.25, 0.3) is 0 Å². The van der Waals surface area contributed by atoms with E-state index >= 15 is 0 Å². The van der Waals surface area contributed by atoms with Crippen LogP contribution in [0.1, 0.15) is 19.8 Å². The number of carboxylic acid groups (broad SMARTS) is 2. The Labute approximate surface area is 80.7 Å². The van der Waals surface area contributed by atoms with Gasteiger partial charge in [0.2, 0.25) is 0 Å². The Morgan fingerprint density at radius 2 is 2.00 bits per heavy atom. The second-order valence-corrected chi connectivity index (χ2v) is 2.41. The van der Waals surface area contributed by atoms with Crippen molar-refractivity contribution >= 4 is 11.9 Å². The van der Waals surface area contributed by atoms with Crippen LogP contribution in [0.4, 0.5) is 0 Å². The van der Waals surface area contributed by atoms with Crippen molar-refractivity contribution in [2.45, 2.75) is 19.8 Å². The van der Waals surface area contributed by atoms with E-state index in [0.717, 1.165) is 6.42 Å². The summed E-state index contributed by atoms with van der Waals surface area (Å²) in [6.07, 6.45) is 2.00. The summed E-state index contributed by atoms with van der Waals surface area (Å²) in [5.41, 5.74) is 0. The predicted molar refractivity (Wildman–Crippen MR) is 45.3 cm³/mol. The van der Waals surface area contributed by atoms with Gasteiger partial charge in [-0.25, -0.2) is 9.59 Å². The number of carbonyl (C=O) groups is 2. The highest BCUT2D eigenvalue weighted by molar-refractivity contribution is 5.92. The highest BCUT2D eigenvalue weighted by Crippen LogP contribution is 2.00. The molecule has 0 saturated carbocycles. The lowest BCUT2D eigenvalue weighted by Gasteiger charge is -2.03. The van der Waals surface area contributed by atoms with E-state index in [2.05, 4.69) is 9.78 Å². The maximum atomic E-state index is 10.4. The molecule has 0 unspecified atom stereocenters. The lowest BCUT2D eigenvalue weighted by Crippen LogP contribution is -2.08. The quantitative estimate of drug-likeness (QED) is 0.209. The first-order valence-corrected chi connectivity index (χ1v) is 4.05. The van der Waals surface area contributed by atoms with Gasteiger partial charge in [0.15, 0.2) is 0 Å². The Kier molecular flexibility index (Phi) is 6.13. The summed E-state index contributed by atoms with van der Waals surface area (Å²) < 4.78 is 0. The van der Waals surface area contributed by atoms with Crippen molar-refractivity contribution < 1.29 is 29.6 Å². The molecule has 0 saturated heterocycles. The van der Waals surface area contributed by atoms with Crippen molar-refractivity contribution in [1.82, 2.24) is 0 Å². The molecule has 6 heteroatoms. The fraction of sp³-hybridized carbons (Fsp3) is 0.500. The van der Waals surface area contributed by atoms with Crippen LogP contribution in [-0.4, -0.2) is 28.8 Å². The minimum atomic E-state index is -1.48. The van der Waals surface area contributed by atoms with Gasteiger partial charge >= 0.3 is 11.9 Å². The Balaban J connectivity index is 3.99. The van der Waals surface area contributed by atoms with Crippen LogP contribution in [0.2, 0.25) is 0 Å². The first-order chi connectivity index (χ1) is 6.57. The molecule has 0 aliphatic carbocycles. The molecule has 0 aliphatic heterocycles. The second kappa shape index (κ2) is 6.90. The SMILES string of the molecule is CCCCOOC(=CC(=O)O)C(=O)O. The van der Waals surface area contributed by atoms with Crippen molar-refractivity contribution in [3.8, 4) is 0 Å². The molecule has 14 heavy (non-hydrogen) atoms. The fourth-order valence-electron chi connectivity index (χ4n) is 0.542. The summed E-state index contributed by atoms with van der Waals surface area (Å²) >= 11 is 0. The van der Waals surface area contributed by atoms with Gasteiger partial charge in [0.05, 0.1) is 12.7 Å². The van der Waals surface area contributed by atoms with E-state index in [1.807, 2.05) is 6.92 Å². The summed E-state index contributed by atoms with van der Waals surface area (Å²) in [4.78, 5) is 29.3. The molecule has 0 spiro atoms. The van der Waals surface area contributed by atoms with Gasteiger partial charge in [0, 0.05) is 0 Å². The van der Waals surface area contributed by atoms with Crippen LogP contribution in [0.15, 0.2) is 11.8 Å². The Bertz CT molecular complexity index is 232. The molecule has 0 aromatic carbocycles. The monoisotopic (exact) mass is 204 g/mol. The van der Waals surface area contributed by atoms with E-state index in [-0.39, 0.29) is 6.61 Å². The third-order valence-electron chi connectivity index (χ3n) is 1.20. The molecule has 0 rings (SSSR count). The highest BCUT2D eigenvalue weighted by Gasteiger charge is 2.12. The molecular weight excluding hydrogens is 192 g/mol. The van der Waals surface area contributed by atoms with Gasteiger partial charge in [-0.3, -0.25) is 0 Å². The van der Waals surface area contributed by atoms with Gasteiger partial charge in [0.1, 0.15) is 0 Å². The number of aliphatic carboxylic acids is 2. The van der Waals surface area contributed by atoms with Gasteiger partial charge in [-0.15, -0.1) is 0 Å². The lowest BCUT2D eigenvalue weighted by molar-refractivity contribution is -0.263. The van der Waals surface area contributed by atoms with Crippen molar-refractivity contribution in [2.75, 3.05) is 6.61 Å². The zero-order chi connectivity index (χ0) is 11.0. The molecule has 0 radical (unpaired) electrons. The molecule has 0 aliphatic rings. The van der Waals surface area contributed by atoms with Gasteiger partial charge < -0.3 is 15.1 Å². The molecule has 6 nitrogen and oxygen atoms in total. The average Bonchev–Trinajstić information content (AvgIpc) is 2.09. The van der Waals surface area contributed by atoms with Gasteiger partial charge in [-0.1, -0.05) is 13.3 Å². The fourth-order valence-corrected chi connectivity index (χ4v) is 0.542. The Morgan fingerprint density at radius 1 is 1.36 bits per heavy atom. The lowest BCUT2D eigenvalue weighted by atomic mass is 10.4. The molecule has 0 amide bonds. The van der Waals surface area contributed by atoms with Crippen LogP contribution in [0.5, 0.6) is 0 Å². The maximum absolute atomic E-state index is 10.4. The van der Waals surface area contributed by atoms with Crippen molar-refractivity contribution in [3.63, 3.8) is 0 Å². The zero-order valence-corrected chi connectivity index (χ0v) is 7.73. The van der Waals surface area contributed by atoms with Crippen LogP contribution >= 0.6 is 0 Å². The molecule has 0 aromatic rings. The molecule has 0 bridgehead atoms. The van der Waals surface area contributed by atoms with Crippen LogP contribution < -0.4 is 0 Å². The molecule has 0 fully saturated rings. The predicted octanol–water partition coefficient (Wildman–Crippen LogP) is 0.788. The summed E-state index contributed by atoms with van der Waals surface area (Å²) in [5.74, 6) is -3.63. The minimum Gasteiger partial charge on any atom is -0.478 e. The standard InChI is InChI=1S/C8H12O6/c1-2-3-4-13-14-6(8(11)12)5-7(9)10/h5H,2-4H2,1H3,(H,9,10)(H,11,12). The molecule has 0 atom stereocenters. The highest BCUT2D eigenvalue weighted by atomic mass is 17.2. The zero-order valence-electron chi connectivity index (χ0n) is 7.73. The molecule has 0 heterocycles. The van der Waals surface area contributed by atoms with Crippen molar-refractivity contribution in [2.24, 2.45) is 0 Å². The number of hydrogen-bond donors (Lipinski definition) is 2. The number of unbranched alkanes of at least 4 members (excludes halogenated alkanes) is 1. The van der Waals surface area contributed by atoms with E-state index in [1.54, 1.807) is 0 Å². The van der Waals surface area contributed by atoms with Gasteiger partial charge in [-0.05, 0) is 6.42 Å². The van der Waals surface area contributed by atoms with Crippen LogP contribution in [0, 0.1) is 0 Å². The van der Waals surface area contributed by atoms with Gasteiger partial charge in [0.25, 0.3) is 5.76 Å². The first-order valence-electron chi connectivity index (χ1n) is 4.05. The van der Waals surface area contributed by atoms with Crippen LogP contribution in [-0.2, 0) is 19.4 Å². The second-order valence-electron chi connectivity index (χ2n) is 2.41. The van der Waals surface area contributed by atoms with Crippen LogP contribution in [0.3, 0.4) is 0 Å². The summed E-state index contributed by atoms with van der Waals surface area (Å²) in [6, 6.07) is 0. The van der Waals surface area contributed by atoms with Crippen molar-refractivity contribution in [3.05, 3.63) is 11.8 Å². The van der Waals surface area contributed by atoms with E-state index < -0.39 is 17.7 Å². The first kappa shape index (κ1) is 12.4. The largest absolute Gasteiger partial charge is 0.478 e. The topological polar surface area (TPSA) is 93.1 Å². The Morgan fingerprint density at radius 3 is 2.43 bits per heavy atom. The Hall–Kier alpha value is -1.56. The number of rotatable bonds is 7. The summed E-state index contributed by atoms with van der Waals surface area (Å²) in [7, 11) is 0. The maximum Gasteiger partial charge on any atom is 0.375 e. The normalized spacial score (nSPS) is 11.1. The molecule has 80 valence electrons. The average molecular weight is 204 g/mol. The van der Waals surface area contributed by atoms with E-state index in [9.17, 15) is 9.59 Å². The molecule has 0 aromatic heterocycles. The van der Waals surface area contributed by atoms with E-state index in [0.29, 0.717) is 12.5 Å². The molecular formula is C8H12O6. The van der Waals surface area contributed by atoms with E-state index in [1.165, 1.54) is 0 Å². The minimum absolute atomic E-state index is 0.223. The third kappa shape index (κ3) is 6.01. The summed E-state index contributed by atoms with van der Waals surface area (Å²) in [5, 5.41) is 16.7. The van der Waals surface area contributed by atoms with E-state index in [4.69, 9.17) is 10.2 Å². The molecule has 2 N–H and O–H groups in total. The van der Waals surface area contributed by atoms with Crippen molar-refractivity contribution in [1.29, 1.82) is 0 Å².